The highest BCUT2D eigenvalue weighted by molar-refractivity contribution is 5.23. The van der Waals surface area contributed by atoms with Crippen molar-refractivity contribution in [1.29, 1.82) is 0 Å². The van der Waals surface area contributed by atoms with Crippen LogP contribution < -0.4 is 0 Å². The third-order valence-electron chi connectivity index (χ3n) is 1.91. The van der Waals surface area contributed by atoms with Crippen LogP contribution in [0.15, 0.2) is 36.3 Å². The maximum absolute atomic E-state index is 5.41. The van der Waals surface area contributed by atoms with E-state index < -0.39 is 0 Å². The zero-order valence-electron chi connectivity index (χ0n) is 7.71. The topological polar surface area (TPSA) is 12.5 Å². The molecule has 2 heteroatoms. The lowest BCUT2D eigenvalue weighted by atomic mass is 10.2. The van der Waals surface area contributed by atoms with Gasteiger partial charge in [0.2, 0.25) is 0 Å². The smallest absolute Gasteiger partial charge is 0.116 e. The highest BCUT2D eigenvalue weighted by Crippen LogP contribution is 2.15. The first-order valence-corrected chi connectivity index (χ1v) is 4.09. The van der Waals surface area contributed by atoms with Gasteiger partial charge in [0.1, 0.15) is 12.4 Å². The molecule has 0 radical (unpaired) electrons. The monoisotopic (exact) mass is 165 g/mol. The van der Waals surface area contributed by atoms with Crippen molar-refractivity contribution in [3.8, 4) is 0 Å². The van der Waals surface area contributed by atoms with Gasteiger partial charge in [0, 0.05) is 7.05 Å². The molecule has 0 aromatic rings. The van der Waals surface area contributed by atoms with Gasteiger partial charge >= 0.3 is 0 Å². The van der Waals surface area contributed by atoms with E-state index in [0.29, 0.717) is 0 Å². The van der Waals surface area contributed by atoms with Crippen LogP contribution in [0.5, 0.6) is 0 Å². The third-order valence-corrected chi connectivity index (χ3v) is 1.91. The van der Waals surface area contributed by atoms with Crippen molar-refractivity contribution < 1.29 is 4.74 Å². The van der Waals surface area contributed by atoms with E-state index in [2.05, 4.69) is 18.5 Å². The summed E-state index contributed by atoms with van der Waals surface area (Å²) >= 11 is 0. The second-order valence-corrected chi connectivity index (χ2v) is 2.81. The molecule has 0 spiro atoms. The number of rotatable bonds is 2. The summed E-state index contributed by atoms with van der Waals surface area (Å²) in [5.74, 6) is 0.988. The maximum atomic E-state index is 5.41. The fourth-order valence-corrected chi connectivity index (χ4v) is 1.20. The Bertz CT molecular complexity index is 228. The molecule has 0 bridgehead atoms. The Balaban J connectivity index is 2.80. The van der Waals surface area contributed by atoms with E-state index in [-0.39, 0.29) is 0 Å². The van der Waals surface area contributed by atoms with Crippen LogP contribution in [-0.2, 0) is 4.74 Å². The van der Waals surface area contributed by atoms with Crippen LogP contribution in [0.2, 0.25) is 0 Å². The fourth-order valence-electron chi connectivity index (χ4n) is 1.20. The van der Waals surface area contributed by atoms with Crippen LogP contribution >= 0.6 is 0 Å². The first-order chi connectivity index (χ1) is 5.75. The highest BCUT2D eigenvalue weighted by atomic mass is 16.5. The van der Waals surface area contributed by atoms with Crippen molar-refractivity contribution in [2.24, 2.45) is 0 Å². The Morgan fingerprint density at radius 1 is 1.58 bits per heavy atom. The normalized spacial score (nSPS) is 18.3. The minimum Gasteiger partial charge on any atom is -0.494 e. The summed E-state index contributed by atoms with van der Waals surface area (Å²) in [6.45, 7) is 7.35. The predicted octanol–water partition coefficient (Wildman–Crippen LogP) is 1.92. The molecule has 0 unspecified atom stereocenters. The van der Waals surface area contributed by atoms with Crippen LogP contribution in [0.1, 0.15) is 6.92 Å². The molecule has 0 N–H and O–H groups in total. The van der Waals surface area contributed by atoms with E-state index in [9.17, 15) is 0 Å². The summed E-state index contributed by atoms with van der Waals surface area (Å²) in [5, 5.41) is 0. The fraction of sp³-hybridized carbons (Fsp3) is 0.400. The van der Waals surface area contributed by atoms with E-state index in [1.807, 2.05) is 19.1 Å². The van der Waals surface area contributed by atoms with E-state index in [1.165, 1.54) is 0 Å². The number of hydrogen-bond donors (Lipinski definition) is 0. The summed E-state index contributed by atoms with van der Waals surface area (Å²) in [5.41, 5.74) is 1.14. The maximum Gasteiger partial charge on any atom is 0.116 e. The van der Waals surface area contributed by atoms with Crippen LogP contribution in [0.25, 0.3) is 0 Å². The van der Waals surface area contributed by atoms with Gasteiger partial charge in [0.05, 0.1) is 12.2 Å². The van der Waals surface area contributed by atoms with E-state index >= 15 is 0 Å². The van der Waals surface area contributed by atoms with Crippen LogP contribution in [0.3, 0.4) is 0 Å². The molecule has 12 heavy (non-hydrogen) atoms. The Morgan fingerprint density at radius 3 is 2.92 bits per heavy atom. The lowest BCUT2D eigenvalue weighted by Crippen LogP contribution is -2.27. The van der Waals surface area contributed by atoms with Gasteiger partial charge in [-0.3, -0.25) is 0 Å². The van der Waals surface area contributed by atoms with Crippen molar-refractivity contribution in [3.05, 3.63) is 36.3 Å². The highest BCUT2D eigenvalue weighted by Gasteiger charge is 2.11. The Labute approximate surface area is 73.8 Å². The zero-order chi connectivity index (χ0) is 8.97. The Kier molecular flexibility index (Phi) is 2.97. The molecule has 0 amide bonds. The number of likely N-dealkylation sites (N-methyl/N-ethyl adjacent to an activating group) is 1. The van der Waals surface area contributed by atoms with Crippen molar-refractivity contribution in [2.45, 2.75) is 6.92 Å². The molecule has 1 rings (SSSR count). The number of nitrogens with zero attached hydrogens (tertiary/aromatic N) is 1. The average Bonchev–Trinajstić information content (AvgIpc) is 2.04. The van der Waals surface area contributed by atoms with Crippen LogP contribution in [0, 0.1) is 0 Å². The van der Waals surface area contributed by atoms with Crippen molar-refractivity contribution >= 4 is 0 Å². The van der Waals surface area contributed by atoms with Gasteiger partial charge in [-0.05, 0) is 13.0 Å². The lowest BCUT2D eigenvalue weighted by Gasteiger charge is -2.27. The van der Waals surface area contributed by atoms with Gasteiger partial charge in [-0.15, -0.1) is 0 Å². The largest absolute Gasteiger partial charge is 0.494 e. The van der Waals surface area contributed by atoms with Crippen LogP contribution in [0.4, 0.5) is 0 Å². The third kappa shape index (κ3) is 1.91. The Hall–Kier alpha value is -1.18. The van der Waals surface area contributed by atoms with Gasteiger partial charge < -0.3 is 9.64 Å². The first-order valence-electron chi connectivity index (χ1n) is 4.09. The summed E-state index contributed by atoms with van der Waals surface area (Å²) in [4.78, 5) is 2.18. The summed E-state index contributed by atoms with van der Waals surface area (Å²) < 4.78 is 5.41. The molecule has 0 saturated heterocycles. The van der Waals surface area contributed by atoms with Crippen LogP contribution in [-0.4, -0.2) is 25.1 Å². The molecule has 1 aliphatic rings. The SMILES string of the molecule is C=C/C=C\C1=C(C)OCCN1C. The van der Waals surface area contributed by atoms with Crippen molar-refractivity contribution in [1.82, 2.24) is 4.90 Å². The zero-order valence-corrected chi connectivity index (χ0v) is 7.71. The quantitative estimate of drug-likeness (QED) is 0.580. The molecule has 0 saturated carbocycles. The number of ether oxygens (including phenoxy) is 1. The molecular formula is C10H15NO. The molecule has 0 aliphatic carbocycles. The second-order valence-electron chi connectivity index (χ2n) is 2.81. The van der Waals surface area contributed by atoms with Gasteiger partial charge in [-0.2, -0.15) is 0 Å². The Morgan fingerprint density at radius 2 is 2.33 bits per heavy atom. The molecule has 0 fully saturated rings. The predicted molar refractivity (Wildman–Crippen MR) is 50.6 cm³/mol. The molecular weight excluding hydrogens is 150 g/mol. The molecule has 0 atom stereocenters. The van der Waals surface area contributed by atoms with Gasteiger partial charge in [-0.1, -0.05) is 18.7 Å². The van der Waals surface area contributed by atoms with Gasteiger partial charge in [0.15, 0.2) is 0 Å². The molecule has 1 aliphatic heterocycles. The molecule has 66 valence electrons. The first kappa shape index (κ1) is 8.91. The number of allylic oxidation sites excluding steroid dienone is 4. The van der Waals surface area contributed by atoms with E-state index in [1.54, 1.807) is 6.08 Å². The molecule has 1 heterocycles. The summed E-state index contributed by atoms with van der Waals surface area (Å²) in [6, 6.07) is 0. The molecule has 0 aromatic heterocycles. The van der Waals surface area contributed by atoms with E-state index in [4.69, 9.17) is 4.74 Å². The van der Waals surface area contributed by atoms with Crippen molar-refractivity contribution in [3.63, 3.8) is 0 Å². The standard InChI is InChI=1S/C10H15NO/c1-4-5-6-10-9(2)12-8-7-11(10)3/h4-6H,1,7-8H2,2-3H3/b6-5-. The summed E-state index contributed by atoms with van der Waals surface area (Å²) in [6.07, 6.45) is 5.70. The van der Waals surface area contributed by atoms with Crippen molar-refractivity contribution in [2.75, 3.05) is 20.2 Å². The molecule has 0 aromatic carbocycles. The van der Waals surface area contributed by atoms with Gasteiger partial charge in [-0.25, -0.2) is 0 Å². The lowest BCUT2D eigenvalue weighted by molar-refractivity contribution is 0.148. The molecule has 2 nitrogen and oxygen atoms in total. The minimum absolute atomic E-state index is 0.785. The second kappa shape index (κ2) is 4.00. The average molecular weight is 165 g/mol. The van der Waals surface area contributed by atoms with Gasteiger partial charge in [0.25, 0.3) is 0 Å². The van der Waals surface area contributed by atoms with E-state index in [0.717, 1.165) is 24.6 Å². The summed E-state index contributed by atoms with van der Waals surface area (Å²) in [7, 11) is 2.06. The minimum atomic E-state index is 0.785. The number of hydrogen-bond acceptors (Lipinski definition) is 2.